The standard InChI is InChI=1S/C12H19NOS/c1-10-13-11(8-15-10)7-12(9-14)5-3-2-4-6-12/h8,14H,2-7,9H2,1H3. The summed E-state index contributed by atoms with van der Waals surface area (Å²) in [5, 5.41) is 12.9. The first kappa shape index (κ1) is 11.1. The van der Waals surface area contributed by atoms with Gasteiger partial charge < -0.3 is 5.11 Å². The molecule has 0 radical (unpaired) electrons. The second-order valence-electron chi connectivity index (χ2n) is 4.75. The molecule has 1 aliphatic carbocycles. The van der Waals surface area contributed by atoms with Crippen LogP contribution in [-0.4, -0.2) is 16.7 Å². The first-order chi connectivity index (χ1) is 7.24. The molecule has 1 aliphatic rings. The highest BCUT2D eigenvalue weighted by Gasteiger charge is 2.32. The third-order valence-corrected chi connectivity index (χ3v) is 4.29. The van der Waals surface area contributed by atoms with Gasteiger partial charge in [0.25, 0.3) is 0 Å². The number of hydrogen-bond acceptors (Lipinski definition) is 3. The minimum Gasteiger partial charge on any atom is -0.396 e. The average molecular weight is 225 g/mol. The minimum atomic E-state index is 0.138. The molecule has 0 amide bonds. The molecule has 0 saturated heterocycles. The summed E-state index contributed by atoms with van der Waals surface area (Å²) in [5.74, 6) is 0. The van der Waals surface area contributed by atoms with Gasteiger partial charge in [0.15, 0.2) is 0 Å². The Kier molecular flexibility index (Phi) is 3.42. The fraction of sp³-hybridized carbons (Fsp3) is 0.750. The Morgan fingerprint density at radius 3 is 2.67 bits per heavy atom. The zero-order valence-corrected chi connectivity index (χ0v) is 10.1. The minimum absolute atomic E-state index is 0.138. The molecule has 0 unspecified atom stereocenters. The van der Waals surface area contributed by atoms with E-state index in [4.69, 9.17) is 0 Å². The maximum absolute atomic E-state index is 9.59. The summed E-state index contributed by atoms with van der Waals surface area (Å²) < 4.78 is 0. The average Bonchev–Trinajstić information content (AvgIpc) is 2.65. The number of hydrogen-bond donors (Lipinski definition) is 1. The third kappa shape index (κ3) is 2.58. The van der Waals surface area contributed by atoms with Crippen molar-refractivity contribution in [3.8, 4) is 0 Å². The Bertz CT molecular complexity index is 315. The highest BCUT2D eigenvalue weighted by molar-refractivity contribution is 7.09. The Morgan fingerprint density at radius 1 is 1.40 bits per heavy atom. The Balaban J connectivity index is 2.06. The van der Waals surface area contributed by atoms with Crippen LogP contribution in [0, 0.1) is 12.3 Å². The van der Waals surface area contributed by atoms with E-state index in [2.05, 4.69) is 10.4 Å². The molecular weight excluding hydrogens is 206 g/mol. The molecule has 0 bridgehead atoms. The number of thiazole rings is 1. The van der Waals surface area contributed by atoms with Crippen LogP contribution in [0.4, 0.5) is 0 Å². The van der Waals surface area contributed by atoms with Crippen LogP contribution in [-0.2, 0) is 6.42 Å². The Morgan fingerprint density at radius 2 is 2.13 bits per heavy atom. The van der Waals surface area contributed by atoms with Gasteiger partial charge in [0.1, 0.15) is 0 Å². The molecule has 0 spiro atoms. The molecule has 2 rings (SSSR count). The topological polar surface area (TPSA) is 33.1 Å². The zero-order chi connectivity index (χ0) is 10.7. The second-order valence-corrected chi connectivity index (χ2v) is 5.82. The van der Waals surface area contributed by atoms with Gasteiger partial charge in [-0.2, -0.15) is 0 Å². The van der Waals surface area contributed by atoms with Crippen LogP contribution < -0.4 is 0 Å². The van der Waals surface area contributed by atoms with Crippen LogP contribution in [0.1, 0.15) is 42.8 Å². The van der Waals surface area contributed by atoms with E-state index in [1.54, 1.807) is 11.3 Å². The molecule has 0 aromatic carbocycles. The van der Waals surface area contributed by atoms with Crippen molar-refractivity contribution in [2.24, 2.45) is 5.41 Å². The van der Waals surface area contributed by atoms with E-state index in [0.717, 1.165) is 11.4 Å². The van der Waals surface area contributed by atoms with Crippen LogP contribution in [0.3, 0.4) is 0 Å². The summed E-state index contributed by atoms with van der Waals surface area (Å²) in [6.45, 7) is 2.37. The lowest BCUT2D eigenvalue weighted by Crippen LogP contribution is -2.30. The molecule has 3 heteroatoms. The monoisotopic (exact) mass is 225 g/mol. The molecule has 1 saturated carbocycles. The highest BCUT2D eigenvalue weighted by atomic mass is 32.1. The number of aryl methyl sites for hydroxylation is 1. The number of aliphatic hydroxyl groups is 1. The van der Waals surface area contributed by atoms with Gasteiger partial charge in [0.05, 0.1) is 10.7 Å². The van der Waals surface area contributed by atoms with Crippen LogP contribution in [0.2, 0.25) is 0 Å². The molecule has 84 valence electrons. The summed E-state index contributed by atoms with van der Waals surface area (Å²) in [7, 11) is 0. The van der Waals surface area contributed by atoms with Crippen molar-refractivity contribution in [3.63, 3.8) is 0 Å². The van der Waals surface area contributed by atoms with Crippen molar-refractivity contribution in [1.29, 1.82) is 0 Å². The lowest BCUT2D eigenvalue weighted by Gasteiger charge is -2.35. The van der Waals surface area contributed by atoms with Crippen molar-refractivity contribution >= 4 is 11.3 Å². The highest BCUT2D eigenvalue weighted by Crippen LogP contribution is 2.38. The first-order valence-corrected chi connectivity index (χ1v) is 6.64. The Hall–Kier alpha value is -0.410. The third-order valence-electron chi connectivity index (χ3n) is 3.47. The molecule has 1 fully saturated rings. The molecule has 1 aromatic heterocycles. The van der Waals surface area contributed by atoms with Crippen molar-refractivity contribution in [1.82, 2.24) is 4.98 Å². The first-order valence-electron chi connectivity index (χ1n) is 5.76. The number of nitrogens with zero attached hydrogens (tertiary/aromatic N) is 1. The maximum Gasteiger partial charge on any atom is 0.0897 e. The van der Waals surface area contributed by atoms with Gasteiger partial charge in [-0.15, -0.1) is 11.3 Å². The molecule has 15 heavy (non-hydrogen) atoms. The summed E-state index contributed by atoms with van der Waals surface area (Å²) in [6, 6.07) is 0. The van der Waals surface area contributed by atoms with Gasteiger partial charge in [-0.05, 0) is 31.6 Å². The van der Waals surface area contributed by atoms with Gasteiger partial charge in [-0.1, -0.05) is 19.3 Å². The van der Waals surface area contributed by atoms with Crippen LogP contribution in [0.15, 0.2) is 5.38 Å². The van der Waals surface area contributed by atoms with Crippen molar-refractivity contribution < 1.29 is 5.11 Å². The second kappa shape index (κ2) is 4.62. The fourth-order valence-electron chi connectivity index (χ4n) is 2.57. The smallest absolute Gasteiger partial charge is 0.0897 e. The van der Waals surface area contributed by atoms with E-state index in [0.29, 0.717) is 6.61 Å². The largest absolute Gasteiger partial charge is 0.396 e. The summed E-state index contributed by atoms with van der Waals surface area (Å²) >= 11 is 1.71. The number of rotatable bonds is 3. The molecular formula is C12H19NOS. The van der Waals surface area contributed by atoms with Crippen LogP contribution in [0.25, 0.3) is 0 Å². The molecule has 1 N–H and O–H groups in total. The predicted octanol–water partition coefficient (Wildman–Crippen LogP) is 2.94. The van der Waals surface area contributed by atoms with Crippen LogP contribution >= 0.6 is 11.3 Å². The van der Waals surface area contributed by atoms with Crippen molar-refractivity contribution in [2.45, 2.75) is 45.4 Å². The summed E-state index contributed by atoms with van der Waals surface area (Å²) in [5.41, 5.74) is 1.31. The normalized spacial score (nSPS) is 20.4. The quantitative estimate of drug-likeness (QED) is 0.858. The van der Waals surface area contributed by atoms with E-state index in [-0.39, 0.29) is 5.41 Å². The van der Waals surface area contributed by atoms with Gasteiger partial charge in [0, 0.05) is 12.0 Å². The SMILES string of the molecule is Cc1nc(CC2(CO)CCCCC2)cs1. The number of aliphatic hydroxyl groups excluding tert-OH is 1. The van der Waals surface area contributed by atoms with Crippen LogP contribution in [0.5, 0.6) is 0 Å². The van der Waals surface area contributed by atoms with E-state index >= 15 is 0 Å². The Labute approximate surface area is 95.4 Å². The van der Waals surface area contributed by atoms with Gasteiger partial charge >= 0.3 is 0 Å². The molecule has 1 aromatic rings. The lowest BCUT2D eigenvalue weighted by molar-refractivity contribution is 0.0815. The fourth-order valence-corrected chi connectivity index (χ4v) is 3.18. The molecule has 0 aliphatic heterocycles. The summed E-state index contributed by atoms with van der Waals surface area (Å²) in [6.07, 6.45) is 7.17. The maximum atomic E-state index is 9.59. The zero-order valence-electron chi connectivity index (χ0n) is 9.33. The van der Waals surface area contributed by atoms with E-state index in [9.17, 15) is 5.11 Å². The molecule has 2 nitrogen and oxygen atoms in total. The van der Waals surface area contributed by atoms with E-state index in [1.165, 1.54) is 37.8 Å². The van der Waals surface area contributed by atoms with Gasteiger partial charge in [-0.25, -0.2) is 4.98 Å². The molecule has 1 heterocycles. The van der Waals surface area contributed by atoms with Crippen molar-refractivity contribution in [3.05, 3.63) is 16.1 Å². The van der Waals surface area contributed by atoms with Gasteiger partial charge in [-0.3, -0.25) is 0 Å². The summed E-state index contributed by atoms with van der Waals surface area (Å²) in [4.78, 5) is 4.51. The lowest BCUT2D eigenvalue weighted by atomic mass is 9.72. The van der Waals surface area contributed by atoms with E-state index in [1.807, 2.05) is 6.92 Å². The van der Waals surface area contributed by atoms with Gasteiger partial charge in [0.2, 0.25) is 0 Å². The molecule has 0 atom stereocenters. The number of aromatic nitrogens is 1. The van der Waals surface area contributed by atoms with Crippen molar-refractivity contribution in [2.75, 3.05) is 6.61 Å². The predicted molar refractivity (Wildman–Crippen MR) is 63.2 cm³/mol. The van der Waals surface area contributed by atoms with E-state index < -0.39 is 0 Å².